The average Bonchev–Trinajstić information content (AvgIpc) is 2.65. The third kappa shape index (κ3) is 5.53. The number of anilines is 1. The molecular weight excluding hydrogens is 335 g/mol. The first kappa shape index (κ1) is 19.3. The highest BCUT2D eigenvalue weighted by Gasteiger charge is 2.19. The van der Waals surface area contributed by atoms with Crippen LogP contribution in [0.1, 0.15) is 25.0 Å². The van der Waals surface area contributed by atoms with Gasteiger partial charge in [0.05, 0.1) is 12.3 Å². The Bertz CT molecular complexity index is 791. The predicted molar refractivity (Wildman–Crippen MR) is 99.2 cm³/mol. The fraction of sp³-hybridized carbons (Fsp3) is 0.200. The molecule has 0 aromatic heterocycles. The quantitative estimate of drug-likeness (QED) is 0.326. The number of carbonyl (C=O) groups excluding carboxylic acids is 1. The van der Waals surface area contributed by atoms with Crippen LogP contribution in [0.2, 0.25) is 0 Å². The largest absolute Gasteiger partial charge is 0.461 e. The van der Waals surface area contributed by atoms with E-state index >= 15 is 0 Å². The standard InChI is InChI=1S/C20H21FN2O3/c1-3-26-20(25)18(23-22-17-11-7-10-16(21)13-17)12-14(2)19(24)15-8-5-4-6-9-15/h4-11,13,19,22,24H,2-3,12H2,1H3/b23-18+. The number of hydrogen-bond donors (Lipinski definition) is 2. The molecule has 5 nitrogen and oxygen atoms in total. The normalized spacial score (nSPS) is 12.3. The summed E-state index contributed by atoms with van der Waals surface area (Å²) in [6, 6.07) is 14.7. The molecule has 6 heteroatoms. The number of halogens is 1. The van der Waals surface area contributed by atoms with Crippen molar-refractivity contribution < 1.29 is 19.0 Å². The fourth-order valence-electron chi connectivity index (χ4n) is 2.24. The van der Waals surface area contributed by atoms with Gasteiger partial charge < -0.3 is 9.84 Å². The Morgan fingerprint density at radius 3 is 2.65 bits per heavy atom. The van der Waals surface area contributed by atoms with Gasteiger partial charge in [-0.15, -0.1) is 0 Å². The highest BCUT2D eigenvalue weighted by molar-refractivity contribution is 6.37. The molecule has 0 radical (unpaired) electrons. The van der Waals surface area contributed by atoms with Crippen molar-refractivity contribution in [1.29, 1.82) is 0 Å². The van der Waals surface area contributed by atoms with Crippen LogP contribution in [0.3, 0.4) is 0 Å². The lowest BCUT2D eigenvalue weighted by molar-refractivity contribution is -0.135. The van der Waals surface area contributed by atoms with Crippen molar-refractivity contribution in [3.8, 4) is 0 Å². The molecule has 1 unspecified atom stereocenters. The molecule has 26 heavy (non-hydrogen) atoms. The molecule has 0 aliphatic heterocycles. The first-order valence-corrected chi connectivity index (χ1v) is 8.17. The van der Waals surface area contributed by atoms with Crippen LogP contribution in [0.25, 0.3) is 0 Å². The third-order valence-electron chi connectivity index (χ3n) is 3.55. The Labute approximate surface area is 151 Å². The van der Waals surface area contributed by atoms with Gasteiger partial charge in [0.2, 0.25) is 0 Å². The Kier molecular flexibility index (Phi) is 7.05. The zero-order valence-corrected chi connectivity index (χ0v) is 14.5. The van der Waals surface area contributed by atoms with Gasteiger partial charge >= 0.3 is 5.97 Å². The maximum absolute atomic E-state index is 13.2. The van der Waals surface area contributed by atoms with Gasteiger partial charge in [-0.25, -0.2) is 9.18 Å². The van der Waals surface area contributed by atoms with E-state index in [1.54, 1.807) is 37.3 Å². The summed E-state index contributed by atoms with van der Waals surface area (Å²) in [6.45, 7) is 5.73. The van der Waals surface area contributed by atoms with Crippen LogP contribution in [0.15, 0.2) is 71.9 Å². The summed E-state index contributed by atoms with van der Waals surface area (Å²) in [6.07, 6.45) is -0.929. The first-order chi connectivity index (χ1) is 12.5. The van der Waals surface area contributed by atoms with Crippen LogP contribution in [-0.4, -0.2) is 23.4 Å². The van der Waals surface area contributed by atoms with E-state index in [4.69, 9.17) is 4.74 Å². The van der Waals surface area contributed by atoms with Crippen LogP contribution >= 0.6 is 0 Å². The smallest absolute Gasteiger partial charge is 0.354 e. The van der Waals surface area contributed by atoms with Gasteiger partial charge in [0.15, 0.2) is 0 Å². The summed E-state index contributed by atoms with van der Waals surface area (Å²) in [7, 11) is 0. The van der Waals surface area contributed by atoms with Gasteiger partial charge in [-0.05, 0) is 36.3 Å². The maximum Gasteiger partial charge on any atom is 0.354 e. The topological polar surface area (TPSA) is 70.9 Å². The molecule has 2 rings (SSSR count). The lowest BCUT2D eigenvalue weighted by Gasteiger charge is -2.15. The van der Waals surface area contributed by atoms with Crippen molar-refractivity contribution in [2.45, 2.75) is 19.4 Å². The van der Waals surface area contributed by atoms with Crippen LogP contribution in [0.4, 0.5) is 10.1 Å². The van der Waals surface area contributed by atoms with E-state index in [9.17, 15) is 14.3 Å². The van der Waals surface area contributed by atoms with Crippen molar-refractivity contribution in [3.63, 3.8) is 0 Å². The summed E-state index contributed by atoms with van der Waals surface area (Å²) in [5.41, 5.74) is 4.12. The average molecular weight is 356 g/mol. The molecule has 2 aromatic rings. The van der Waals surface area contributed by atoms with E-state index in [0.717, 1.165) is 0 Å². The molecule has 0 saturated carbocycles. The van der Waals surface area contributed by atoms with E-state index in [1.165, 1.54) is 18.2 Å². The minimum absolute atomic E-state index is 0.0111. The van der Waals surface area contributed by atoms with Gasteiger partial charge in [-0.2, -0.15) is 5.10 Å². The maximum atomic E-state index is 13.2. The zero-order chi connectivity index (χ0) is 18.9. The minimum Gasteiger partial charge on any atom is -0.461 e. The van der Waals surface area contributed by atoms with Gasteiger partial charge in [-0.1, -0.05) is 43.0 Å². The Morgan fingerprint density at radius 2 is 2.00 bits per heavy atom. The molecular formula is C20H21FN2O3. The Balaban J connectivity index is 2.15. The molecule has 0 fully saturated rings. The molecule has 0 amide bonds. The van der Waals surface area contributed by atoms with Crippen LogP contribution in [-0.2, 0) is 9.53 Å². The summed E-state index contributed by atoms with van der Waals surface area (Å²) < 4.78 is 18.2. The molecule has 0 bridgehead atoms. The lowest BCUT2D eigenvalue weighted by Crippen LogP contribution is -2.21. The number of benzene rings is 2. The number of aliphatic hydroxyl groups is 1. The summed E-state index contributed by atoms with van der Waals surface area (Å²) >= 11 is 0. The molecule has 136 valence electrons. The Hall–Kier alpha value is -2.99. The molecule has 1 atom stereocenters. The number of rotatable bonds is 8. The minimum atomic E-state index is -0.940. The highest BCUT2D eigenvalue weighted by Crippen LogP contribution is 2.23. The SMILES string of the molecule is C=C(C/C(=N\Nc1cccc(F)c1)C(=O)OCC)C(O)c1ccccc1. The molecule has 2 N–H and O–H groups in total. The zero-order valence-electron chi connectivity index (χ0n) is 14.5. The second-order valence-corrected chi connectivity index (χ2v) is 5.55. The molecule has 0 aliphatic rings. The van der Waals surface area contributed by atoms with Gasteiger partial charge in [0.1, 0.15) is 17.6 Å². The van der Waals surface area contributed by atoms with Gasteiger partial charge in [-0.3, -0.25) is 5.43 Å². The monoisotopic (exact) mass is 356 g/mol. The van der Waals surface area contributed by atoms with Crippen LogP contribution in [0.5, 0.6) is 0 Å². The molecule has 0 aliphatic carbocycles. The number of nitrogens with zero attached hydrogens (tertiary/aromatic N) is 1. The second kappa shape index (κ2) is 9.48. The summed E-state index contributed by atoms with van der Waals surface area (Å²) in [5, 5.41) is 14.4. The molecule has 0 saturated heterocycles. The van der Waals surface area contributed by atoms with Crippen molar-refractivity contribution in [2.75, 3.05) is 12.0 Å². The van der Waals surface area contributed by atoms with Crippen molar-refractivity contribution >= 4 is 17.4 Å². The molecule has 0 heterocycles. The van der Waals surface area contributed by atoms with Crippen molar-refractivity contribution in [1.82, 2.24) is 0 Å². The predicted octanol–water partition coefficient (Wildman–Crippen LogP) is 3.84. The van der Waals surface area contributed by atoms with Crippen LogP contribution in [0, 0.1) is 5.82 Å². The van der Waals surface area contributed by atoms with E-state index in [-0.39, 0.29) is 18.7 Å². The number of hydrazone groups is 1. The van der Waals surface area contributed by atoms with Gasteiger partial charge in [0.25, 0.3) is 0 Å². The second-order valence-electron chi connectivity index (χ2n) is 5.55. The van der Waals surface area contributed by atoms with E-state index < -0.39 is 17.9 Å². The molecule has 2 aromatic carbocycles. The van der Waals surface area contributed by atoms with E-state index in [2.05, 4.69) is 17.1 Å². The first-order valence-electron chi connectivity index (χ1n) is 8.17. The van der Waals surface area contributed by atoms with E-state index in [1.807, 2.05) is 6.07 Å². The third-order valence-corrected chi connectivity index (χ3v) is 3.55. The number of ether oxygens (including phenoxy) is 1. The fourth-order valence-corrected chi connectivity index (χ4v) is 2.24. The Morgan fingerprint density at radius 1 is 1.27 bits per heavy atom. The number of carbonyl (C=O) groups is 1. The summed E-state index contributed by atoms with van der Waals surface area (Å²) in [4.78, 5) is 12.1. The number of hydrogen-bond acceptors (Lipinski definition) is 5. The summed E-state index contributed by atoms with van der Waals surface area (Å²) in [5.74, 6) is -1.05. The van der Waals surface area contributed by atoms with E-state index in [0.29, 0.717) is 16.8 Å². The molecule has 0 spiro atoms. The number of aliphatic hydroxyl groups excluding tert-OH is 1. The lowest BCUT2D eigenvalue weighted by atomic mass is 9.98. The van der Waals surface area contributed by atoms with Crippen molar-refractivity contribution in [3.05, 3.63) is 78.1 Å². The van der Waals surface area contributed by atoms with Gasteiger partial charge in [0, 0.05) is 6.42 Å². The number of nitrogens with one attached hydrogen (secondary N) is 1. The van der Waals surface area contributed by atoms with Crippen LogP contribution < -0.4 is 5.43 Å². The highest BCUT2D eigenvalue weighted by atomic mass is 19.1. The van der Waals surface area contributed by atoms with Crippen molar-refractivity contribution in [2.24, 2.45) is 5.10 Å². The number of esters is 1.